The monoisotopic (exact) mass is 623 g/mol. The molecule has 0 aliphatic heterocycles. The lowest BCUT2D eigenvalue weighted by Crippen LogP contribution is -2.37. The number of methoxy groups -OCH3 is 1. The van der Waals surface area contributed by atoms with E-state index >= 15 is 0 Å². The lowest BCUT2D eigenvalue weighted by molar-refractivity contribution is -0.151. The normalized spacial score (nSPS) is 16.8. The zero-order valence-corrected chi connectivity index (χ0v) is 23.9. The Morgan fingerprint density at radius 1 is 1.07 bits per heavy atom. The summed E-state index contributed by atoms with van der Waals surface area (Å²) in [5, 5.41) is 14.2. The van der Waals surface area contributed by atoms with Crippen LogP contribution in [0.4, 0.5) is 22.0 Å². The minimum Gasteiger partial charge on any atom is -0.507 e. The first-order valence-corrected chi connectivity index (χ1v) is 13.8. The number of esters is 1. The topological polar surface area (TPSA) is 111 Å². The quantitative estimate of drug-likeness (QED) is 0.175. The Morgan fingerprint density at radius 2 is 1.73 bits per heavy atom. The average molecular weight is 624 g/mol. The SMILES string of the molecule is CCOC(=O)[C@H]1CC[C@H](n2ncc(C(=O)N(CC(=O)c3c(O)cccc3OC)Cc3cc(F)cc(F)c3)c2C(F)(F)F)CC1. The fraction of sp³-hybridized carbons (Fsp3) is 0.400. The second kappa shape index (κ2) is 13.4. The molecule has 0 bridgehead atoms. The van der Waals surface area contributed by atoms with Crippen molar-refractivity contribution in [3.05, 3.63) is 76.6 Å². The molecule has 1 N–H and O–H groups in total. The van der Waals surface area contributed by atoms with E-state index in [0.29, 0.717) is 15.6 Å². The molecule has 0 atom stereocenters. The Labute approximate surface area is 249 Å². The van der Waals surface area contributed by atoms with Crippen molar-refractivity contribution in [1.29, 1.82) is 0 Å². The summed E-state index contributed by atoms with van der Waals surface area (Å²) < 4.78 is 82.4. The molecule has 4 rings (SSSR count). The summed E-state index contributed by atoms with van der Waals surface area (Å²) >= 11 is 0. The minimum absolute atomic E-state index is 0.0542. The van der Waals surface area contributed by atoms with E-state index in [4.69, 9.17) is 9.47 Å². The summed E-state index contributed by atoms with van der Waals surface area (Å²) in [7, 11) is 1.23. The van der Waals surface area contributed by atoms with Crippen molar-refractivity contribution in [2.45, 2.75) is 51.4 Å². The summed E-state index contributed by atoms with van der Waals surface area (Å²) in [5.41, 5.74) is -2.70. The first-order valence-electron chi connectivity index (χ1n) is 13.8. The van der Waals surface area contributed by atoms with Crippen LogP contribution in [0.15, 0.2) is 42.6 Å². The summed E-state index contributed by atoms with van der Waals surface area (Å²) in [6.45, 7) is 0.308. The maximum Gasteiger partial charge on any atom is 0.433 e. The number of carbonyl (C=O) groups is 3. The molecule has 1 amide bonds. The Morgan fingerprint density at radius 3 is 2.32 bits per heavy atom. The number of aromatic nitrogens is 2. The van der Waals surface area contributed by atoms with Gasteiger partial charge in [0.25, 0.3) is 5.91 Å². The van der Waals surface area contributed by atoms with E-state index in [1.807, 2.05) is 0 Å². The smallest absolute Gasteiger partial charge is 0.433 e. The number of nitrogens with zero attached hydrogens (tertiary/aromatic N) is 3. The highest BCUT2D eigenvalue weighted by atomic mass is 19.4. The molecule has 0 unspecified atom stereocenters. The molecule has 14 heteroatoms. The molecule has 1 aromatic heterocycles. The number of ether oxygens (including phenoxy) is 2. The molecule has 2 aromatic carbocycles. The highest BCUT2D eigenvalue weighted by molar-refractivity contribution is 6.05. The number of halogens is 5. The van der Waals surface area contributed by atoms with Crippen LogP contribution in [0.5, 0.6) is 11.5 Å². The van der Waals surface area contributed by atoms with E-state index < -0.39 is 77.5 Å². The Balaban J connectivity index is 1.70. The second-order valence-electron chi connectivity index (χ2n) is 10.3. The molecule has 1 aliphatic rings. The molecular formula is C30H30F5N3O6. The number of rotatable bonds is 10. The predicted molar refractivity (Wildman–Crippen MR) is 145 cm³/mol. The third kappa shape index (κ3) is 7.17. The van der Waals surface area contributed by atoms with Gasteiger partial charge in [-0.2, -0.15) is 18.3 Å². The maximum atomic E-state index is 14.5. The number of aromatic hydroxyl groups is 1. The molecule has 0 saturated heterocycles. The van der Waals surface area contributed by atoms with E-state index in [-0.39, 0.29) is 49.2 Å². The van der Waals surface area contributed by atoms with E-state index in [2.05, 4.69) is 5.10 Å². The number of phenols is 1. The van der Waals surface area contributed by atoms with Crippen LogP contribution in [0, 0.1) is 17.6 Å². The fourth-order valence-corrected chi connectivity index (χ4v) is 5.41. The summed E-state index contributed by atoms with van der Waals surface area (Å²) in [5.74, 6) is -5.61. The Kier molecular flexibility index (Phi) is 9.90. The highest BCUT2D eigenvalue weighted by Gasteiger charge is 2.43. The van der Waals surface area contributed by atoms with Gasteiger partial charge in [0.05, 0.1) is 44.0 Å². The summed E-state index contributed by atoms with van der Waals surface area (Å²) in [6.07, 6.45) is -3.45. The zero-order valence-electron chi connectivity index (χ0n) is 23.9. The van der Waals surface area contributed by atoms with Gasteiger partial charge in [0.15, 0.2) is 11.5 Å². The van der Waals surface area contributed by atoms with Crippen molar-refractivity contribution in [2.75, 3.05) is 20.3 Å². The van der Waals surface area contributed by atoms with Gasteiger partial charge in [0, 0.05) is 12.6 Å². The predicted octanol–water partition coefficient (Wildman–Crippen LogP) is 5.71. The minimum atomic E-state index is -5.05. The largest absolute Gasteiger partial charge is 0.507 e. The van der Waals surface area contributed by atoms with Gasteiger partial charge in [-0.05, 0) is 62.4 Å². The van der Waals surface area contributed by atoms with Crippen LogP contribution in [0.3, 0.4) is 0 Å². The van der Waals surface area contributed by atoms with Crippen molar-refractivity contribution >= 4 is 17.7 Å². The third-order valence-electron chi connectivity index (χ3n) is 7.38. The molecular weight excluding hydrogens is 593 g/mol. The Hall–Kier alpha value is -4.49. The van der Waals surface area contributed by atoms with Crippen LogP contribution >= 0.6 is 0 Å². The lowest BCUT2D eigenvalue weighted by Gasteiger charge is -2.29. The summed E-state index contributed by atoms with van der Waals surface area (Å²) in [4.78, 5) is 39.9. The van der Waals surface area contributed by atoms with Crippen molar-refractivity contribution in [2.24, 2.45) is 5.92 Å². The number of hydrogen-bond donors (Lipinski definition) is 1. The fourth-order valence-electron chi connectivity index (χ4n) is 5.41. The van der Waals surface area contributed by atoms with Crippen molar-refractivity contribution in [3.8, 4) is 11.5 Å². The Bertz CT molecular complexity index is 1510. The second-order valence-corrected chi connectivity index (χ2v) is 10.3. The van der Waals surface area contributed by atoms with Crippen LogP contribution in [0.2, 0.25) is 0 Å². The molecule has 0 spiro atoms. The van der Waals surface area contributed by atoms with Crippen LogP contribution in [0.25, 0.3) is 0 Å². The number of Topliss-reactive ketones (excluding diaryl/α,β-unsaturated/α-hetero) is 1. The molecule has 1 aliphatic carbocycles. The van der Waals surface area contributed by atoms with Crippen LogP contribution in [-0.2, 0) is 22.3 Å². The molecule has 1 fully saturated rings. The molecule has 1 heterocycles. The first kappa shape index (κ1) is 32.4. The van der Waals surface area contributed by atoms with Crippen LogP contribution in [-0.4, -0.2) is 57.7 Å². The number of alkyl halides is 3. The van der Waals surface area contributed by atoms with Gasteiger partial charge in [-0.3, -0.25) is 19.1 Å². The van der Waals surface area contributed by atoms with Gasteiger partial charge in [0.2, 0.25) is 0 Å². The van der Waals surface area contributed by atoms with Gasteiger partial charge in [-0.15, -0.1) is 0 Å². The number of amides is 1. The van der Waals surface area contributed by atoms with Crippen LogP contribution in [0.1, 0.15) is 70.6 Å². The molecule has 0 radical (unpaired) electrons. The average Bonchev–Trinajstić information content (AvgIpc) is 3.42. The van der Waals surface area contributed by atoms with Gasteiger partial charge in [-0.1, -0.05) is 6.07 Å². The highest BCUT2D eigenvalue weighted by Crippen LogP contribution is 2.39. The standard InChI is InChI=1S/C30H30F5N3O6/c1-3-44-29(42)18-7-9-21(10-8-18)38-27(30(33,34)35)22(14-36-38)28(41)37(15-17-11-19(31)13-20(32)12-17)16-24(40)26-23(39)5-4-6-25(26)43-2/h4-6,11-14,18,21,39H,3,7-10,15-16H2,1-2H3/t18-,21-. The van der Waals surface area contributed by atoms with Crippen molar-refractivity contribution in [1.82, 2.24) is 14.7 Å². The zero-order chi connectivity index (χ0) is 32.2. The molecule has 3 aromatic rings. The van der Waals surface area contributed by atoms with Gasteiger partial charge in [-0.25, -0.2) is 8.78 Å². The van der Waals surface area contributed by atoms with Gasteiger partial charge in [0.1, 0.15) is 28.7 Å². The van der Waals surface area contributed by atoms with E-state index in [0.717, 1.165) is 18.3 Å². The maximum absolute atomic E-state index is 14.5. The van der Waals surface area contributed by atoms with Gasteiger partial charge >= 0.3 is 12.1 Å². The van der Waals surface area contributed by atoms with E-state index in [1.165, 1.54) is 25.3 Å². The van der Waals surface area contributed by atoms with E-state index in [1.54, 1.807) is 6.92 Å². The number of ketones is 1. The van der Waals surface area contributed by atoms with Crippen molar-refractivity contribution in [3.63, 3.8) is 0 Å². The first-order chi connectivity index (χ1) is 20.8. The lowest BCUT2D eigenvalue weighted by atomic mass is 9.86. The number of carbonyl (C=O) groups excluding carboxylic acids is 3. The number of hydrogen-bond acceptors (Lipinski definition) is 7. The molecule has 9 nitrogen and oxygen atoms in total. The third-order valence-corrected chi connectivity index (χ3v) is 7.38. The molecule has 236 valence electrons. The van der Waals surface area contributed by atoms with Gasteiger partial charge < -0.3 is 19.5 Å². The summed E-state index contributed by atoms with van der Waals surface area (Å²) in [6, 6.07) is 5.51. The van der Waals surface area contributed by atoms with Crippen LogP contribution < -0.4 is 4.74 Å². The number of phenolic OH excluding ortho intramolecular Hbond substituents is 1. The molecule has 1 saturated carbocycles. The molecule has 44 heavy (non-hydrogen) atoms. The number of benzene rings is 2. The van der Waals surface area contributed by atoms with Crippen molar-refractivity contribution < 1.29 is 50.9 Å². The van der Waals surface area contributed by atoms with E-state index in [9.17, 15) is 41.4 Å².